The highest BCUT2D eigenvalue weighted by Gasteiger charge is 2.41. The molecular formula is C25H31N3O7. The maximum Gasteiger partial charge on any atom is 0.287 e. The second kappa shape index (κ2) is 9.52. The van der Waals surface area contributed by atoms with Gasteiger partial charge in [-0.2, -0.15) is 0 Å². The molecule has 2 saturated heterocycles. The number of carbonyl (C=O) groups excluding carboxylic acids is 1. The number of nitrogens with zero attached hydrogens (tertiary/aromatic N) is 3. The molecule has 1 atom stereocenters. The summed E-state index contributed by atoms with van der Waals surface area (Å²) in [5.74, 6) is -0.570. The van der Waals surface area contributed by atoms with Crippen LogP contribution in [-0.2, 0) is 9.53 Å². The van der Waals surface area contributed by atoms with E-state index in [1.165, 1.54) is 18.2 Å². The summed E-state index contributed by atoms with van der Waals surface area (Å²) in [4.78, 5) is 20.4. The van der Waals surface area contributed by atoms with E-state index in [0.717, 1.165) is 24.8 Å². The van der Waals surface area contributed by atoms with Gasteiger partial charge in [0.05, 0.1) is 31.2 Å². The van der Waals surface area contributed by atoms with Crippen molar-refractivity contribution in [1.82, 2.24) is 9.88 Å². The van der Waals surface area contributed by atoms with E-state index in [0.29, 0.717) is 55.1 Å². The first-order valence-electron chi connectivity index (χ1n) is 11.9. The van der Waals surface area contributed by atoms with Crippen molar-refractivity contribution in [3.63, 3.8) is 0 Å². The first-order valence-corrected chi connectivity index (χ1v) is 11.9. The zero-order valence-corrected chi connectivity index (χ0v) is 20.0. The zero-order valence-electron chi connectivity index (χ0n) is 20.0. The van der Waals surface area contributed by atoms with E-state index in [1.807, 2.05) is 11.8 Å². The Morgan fingerprint density at radius 2 is 2.00 bits per heavy atom. The molecule has 188 valence electrons. The number of amides is 1. The third-order valence-corrected chi connectivity index (χ3v) is 6.75. The maximum atomic E-state index is 12.9. The summed E-state index contributed by atoms with van der Waals surface area (Å²) in [6.07, 6.45) is 3.65. The molecule has 2 N–H and O–H groups in total. The molecule has 1 aromatic heterocycles. The standard InChI is InChI=1S/C25H31N3O7/c1-16-11-18(13-26-23(16)32-2)28-21-12-19(3-4-22(21)34-15-25(28,30)31)35-20-5-8-27(14-20)24(29)17-6-9-33-10-7-17/h3-4,11-13,17,20,30-31H,5-10,14-15H2,1-2H3. The third kappa shape index (κ3) is 4.73. The van der Waals surface area contributed by atoms with E-state index < -0.39 is 5.91 Å². The van der Waals surface area contributed by atoms with Crippen molar-refractivity contribution in [3.8, 4) is 17.4 Å². The monoisotopic (exact) mass is 485 g/mol. The fraction of sp³-hybridized carbons (Fsp3) is 0.520. The fourth-order valence-electron chi connectivity index (χ4n) is 4.95. The van der Waals surface area contributed by atoms with E-state index in [9.17, 15) is 15.0 Å². The first-order chi connectivity index (χ1) is 16.9. The molecule has 1 aromatic carbocycles. The highest BCUT2D eigenvalue weighted by Crippen LogP contribution is 2.44. The Morgan fingerprint density at radius 1 is 1.20 bits per heavy atom. The Balaban J connectivity index is 1.34. The van der Waals surface area contributed by atoms with E-state index in [2.05, 4.69) is 4.98 Å². The van der Waals surface area contributed by atoms with Gasteiger partial charge in [-0.3, -0.25) is 9.69 Å². The summed E-state index contributed by atoms with van der Waals surface area (Å²) in [6, 6.07) is 7.03. The van der Waals surface area contributed by atoms with Gasteiger partial charge in [0.15, 0.2) is 6.61 Å². The highest BCUT2D eigenvalue weighted by molar-refractivity contribution is 5.79. The minimum Gasteiger partial charge on any atom is -0.488 e. The van der Waals surface area contributed by atoms with Crippen molar-refractivity contribution in [3.05, 3.63) is 36.0 Å². The van der Waals surface area contributed by atoms with Crippen LogP contribution in [0, 0.1) is 12.8 Å². The molecule has 0 radical (unpaired) electrons. The minimum absolute atomic E-state index is 0.0285. The Bertz CT molecular complexity index is 1090. The molecule has 2 fully saturated rings. The number of anilines is 2. The van der Waals surface area contributed by atoms with Gasteiger partial charge in [0, 0.05) is 43.7 Å². The first kappa shape index (κ1) is 23.7. The predicted octanol–water partition coefficient (Wildman–Crippen LogP) is 1.97. The molecule has 35 heavy (non-hydrogen) atoms. The number of ether oxygens (including phenoxy) is 4. The second-order valence-electron chi connectivity index (χ2n) is 9.25. The van der Waals surface area contributed by atoms with Crippen molar-refractivity contribution in [1.29, 1.82) is 0 Å². The molecule has 10 heteroatoms. The number of fused-ring (bicyclic) bond motifs is 1. The summed E-state index contributed by atoms with van der Waals surface area (Å²) in [6.45, 7) is 3.96. The topological polar surface area (TPSA) is 114 Å². The third-order valence-electron chi connectivity index (χ3n) is 6.75. The fourth-order valence-corrected chi connectivity index (χ4v) is 4.95. The minimum atomic E-state index is -2.28. The largest absolute Gasteiger partial charge is 0.488 e. The number of benzene rings is 1. The van der Waals surface area contributed by atoms with Crippen LogP contribution in [0.15, 0.2) is 30.5 Å². The van der Waals surface area contributed by atoms with Gasteiger partial charge in [-0.15, -0.1) is 0 Å². The molecule has 3 aliphatic rings. The molecule has 10 nitrogen and oxygen atoms in total. The number of carbonyl (C=O) groups is 1. The molecule has 1 unspecified atom stereocenters. The predicted molar refractivity (Wildman–Crippen MR) is 126 cm³/mol. The normalized spacial score (nSPS) is 21.9. The number of aryl methyl sites for hydroxylation is 1. The number of aromatic nitrogens is 1. The SMILES string of the molecule is COc1ncc(N2c3cc(OC4CCN(C(=O)C5CCOCC5)C4)ccc3OCC2(O)O)cc1C. The molecule has 0 bridgehead atoms. The number of methoxy groups -OCH3 is 1. The van der Waals surface area contributed by atoms with E-state index in [1.54, 1.807) is 24.3 Å². The number of rotatable bonds is 5. The lowest BCUT2D eigenvalue weighted by atomic mass is 9.99. The molecule has 0 aliphatic carbocycles. The van der Waals surface area contributed by atoms with Gasteiger partial charge in [-0.05, 0) is 38.0 Å². The summed E-state index contributed by atoms with van der Waals surface area (Å²) in [5, 5.41) is 21.5. The Labute approximate surface area is 204 Å². The molecule has 3 aliphatic heterocycles. The van der Waals surface area contributed by atoms with Crippen LogP contribution in [0.1, 0.15) is 24.8 Å². The lowest BCUT2D eigenvalue weighted by molar-refractivity contribution is -0.179. The molecule has 2 aromatic rings. The van der Waals surface area contributed by atoms with Crippen LogP contribution in [0.4, 0.5) is 11.4 Å². The van der Waals surface area contributed by atoms with Gasteiger partial charge in [-0.25, -0.2) is 4.98 Å². The number of pyridine rings is 1. The van der Waals surface area contributed by atoms with Gasteiger partial charge >= 0.3 is 0 Å². The zero-order chi connectivity index (χ0) is 24.6. The average molecular weight is 486 g/mol. The number of likely N-dealkylation sites (tertiary alicyclic amines) is 1. The molecule has 5 rings (SSSR count). The van der Waals surface area contributed by atoms with Crippen LogP contribution in [0.3, 0.4) is 0 Å². The van der Waals surface area contributed by atoms with Crippen LogP contribution >= 0.6 is 0 Å². The summed E-state index contributed by atoms with van der Waals surface area (Å²) < 4.78 is 22.4. The van der Waals surface area contributed by atoms with Crippen molar-refractivity contribution in [2.45, 2.75) is 38.2 Å². The van der Waals surface area contributed by atoms with Gasteiger partial charge in [-0.1, -0.05) is 0 Å². The van der Waals surface area contributed by atoms with E-state index in [-0.39, 0.29) is 24.5 Å². The summed E-state index contributed by atoms with van der Waals surface area (Å²) >= 11 is 0. The van der Waals surface area contributed by atoms with Crippen molar-refractivity contribution in [2.24, 2.45) is 5.92 Å². The van der Waals surface area contributed by atoms with Crippen LogP contribution in [0.25, 0.3) is 0 Å². The second-order valence-corrected chi connectivity index (χ2v) is 9.25. The molecular weight excluding hydrogens is 454 g/mol. The smallest absolute Gasteiger partial charge is 0.287 e. The molecule has 0 spiro atoms. The quantitative estimate of drug-likeness (QED) is 0.614. The van der Waals surface area contributed by atoms with Crippen LogP contribution in [-0.4, -0.2) is 78.0 Å². The number of hydrogen-bond donors (Lipinski definition) is 2. The van der Waals surface area contributed by atoms with Crippen LogP contribution in [0.2, 0.25) is 0 Å². The number of hydrogen-bond acceptors (Lipinski definition) is 9. The van der Waals surface area contributed by atoms with Gasteiger partial charge in [0.2, 0.25) is 11.8 Å². The lowest BCUT2D eigenvalue weighted by Crippen LogP contribution is -2.53. The van der Waals surface area contributed by atoms with Crippen molar-refractivity contribution in [2.75, 3.05) is 44.9 Å². The van der Waals surface area contributed by atoms with Crippen LogP contribution in [0.5, 0.6) is 17.4 Å². The van der Waals surface area contributed by atoms with Gasteiger partial charge in [0.25, 0.3) is 5.91 Å². The van der Waals surface area contributed by atoms with Crippen molar-refractivity contribution < 1.29 is 34.0 Å². The average Bonchev–Trinajstić information content (AvgIpc) is 3.32. The maximum absolute atomic E-state index is 12.9. The van der Waals surface area contributed by atoms with Crippen LogP contribution < -0.4 is 19.1 Å². The van der Waals surface area contributed by atoms with Crippen molar-refractivity contribution >= 4 is 17.3 Å². The van der Waals surface area contributed by atoms with Gasteiger partial charge in [0.1, 0.15) is 17.6 Å². The Morgan fingerprint density at radius 3 is 2.74 bits per heavy atom. The number of aliphatic hydroxyl groups is 2. The Hall–Kier alpha value is -3.08. The summed E-state index contributed by atoms with van der Waals surface area (Å²) in [5.41, 5.74) is 1.67. The molecule has 4 heterocycles. The van der Waals surface area contributed by atoms with Gasteiger partial charge < -0.3 is 34.1 Å². The molecule has 1 amide bonds. The Kier molecular flexibility index (Phi) is 6.43. The van der Waals surface area contributed by atoms with E-state index >= 15 is 0 Å². The molecule has 0 saturated carbocycles. The lowest BCUT2D eigenvalue weighted by Gasteiger charge is -2.41. The van der Waals surface area contributed by atoms with E-state index in [4.69, 9.17) is 18.9 Å². The highest BCUT2D eigenvalue weighted by atomic mass is 16.6. The summed E-state index contributed by atoms with van der Waals surface area (Å²) in [7, 11) is 1.53.